The number of methoxy groups -OCH3 is 6. The molecule has 0 aliphatic rings. The summed E-state index contributed by atoms with van der Waals surface area (Å²) in [5.41, 5.74) is 3.41. The average molecular weight is 464 g/mol. The highest BCUT2D eigenvalue weighted by Crippen LogP contribution is 2.39. The van der Waals surface area contributed by atoms with Gasteiger partial charge in [0, 0.05) is 0 Å². The summed E-state index contributed by atoms with van der Waals surface area (Å²) in [6.07, 6.45) is 7.74. The monoisotopic (exact) mass is 463 g/mol. The van der Waals surface area contributed by atoms with Crippen LogP contribution in [0.5, 0.6) is 34.5 Å². The summed E-state index contributed by atoms with van der Waals surface area (Å²) in [5, 5.41) is 0. The Kier molecular flexibility index (Phi) is 8.40. The largest absolute Gasteiger partial charge is 0.493 e. The lowest BCUT2D eigenvalue weighted by atomic mass is 10.1. The normalized spacial score (nSPS) is 11.0. The van der Waals surface area contributed by atoms with Crippen molar-refractivity contribution in [1.82, 2.24) is 4.98 Å². The SMILES string of the molecule is COc1cc(C=Cc2cccc(C=Cc3cc(OC)c(OC)c(OC)c3)n2)cc(OC)c1OC. The molecule has 0 fully saturated rings. The van der Waals surface area contributed by atoms with Crippen LogP contribution in [0.15, 0.2) is 42.5 Å². The fraction of sp³-hybridized carbons (Fsp3) is 0.222. The molecule has 1 aromatic heterocycles. The molecule has 0 bridgehead atoms. The molecule has 7 heteroatoms. The van der Waals surface area contributed by atoms with E-state index in [9.17, 15) is 0 Å². The lowest BCUT2D eigenvalue weighted by molar-refractivity contribution is 0.324. The minimum Gasteiger partial charge on any atom is -0.493 e. The molecule has 0 N–H and O–H groups in total. The molecule has 34 heavy (non-hydrogen) atoms. The number of ether oxygens (including phenoxy) is 6. The Hall–Kier alpha value is -4.13. The summed E-state index contributed by atoms with van der Waals surface area (Å²) in [7, 11) is 9.53. The van der Waals surface area contributed by atoms with Crippen LogP contribution in [0.3, 0.4) is 0 Å². The van der Waals surface area contributed by atoms with Gasteiger partial charge in [-0.05, 0) is 59.7 Å². The van der Waals surface area contributed by atoms with Gasteiger partial charge >= 0.3 is 0 Å². The van der Waals surface area contributed by atoms with Gasteiger partial charge in [0.05, 0.1) is 54.0 Å². The Balaban J connectivity index is 1.85. The molecular weight excluding hydrogens is 434 g/mol. The van der Waals surface area contributed by atoms with Crippen molar-refractivity contribution in [1.29, 1.82) is 0 Å². The van der Waals surface area contributed by atoms with Crippen LogP contribution in [-0.2, 0) is 0 Å². The van der Waals surface area contributed by atoms with Crippen molar-refractivity contribution in [3.8, 4) is 34.5 Å². The van der Waals surface area contributed by atoms with E-state index in [-0.39, 0.29) is 0 Å². The molecule has 0 unspecified atom stereocenters. The average Bonchev–Trinajstić information content (AvgIpc) is 2.89. The first-order valence-corrected chi connectivity index (χ1v) is 10.5. The van der Waals surface area contributed by atoms with Crippen LogP contribution < -0.4 is 28.4 Å². The molecule has 178 valence electrons. The van der Waals surface area contributed by atoms with Gasteiger partial charge in [0.1, 0.15) is 0 Å². The van der Waals surface area contributed by atoms with E-state index >= 15 is 0 Å². The first kappa shape index (κ1) is 24.5. The fourth-order valence-corrected chi connectivity index (χ4v) is 3.41. The zero-order valence-electron chi connectivity index (χ0n) is 20.2. The van der Waals surface area contributed by atoms with E-state index < -0.39 is 0 Å². The van der Waals surface area contributed by atoms with Crippen LogP contribution in [0.1, 0.15) is 22.5 Å². The molecule has 0 saturated carbocycles. The van der Waals surface area contributed by atoms with E-state index in [0.29, 0.717) is 34.5 Å². The highest BCUT2D eigenvalue weighted by atomic mass is 16.5. The number of hydrogen-bond donors (Lipinski definition) is 0. The number of nitrogens with zero attached hydrogens (tertiary/aromatic N) is 1. The summed E-state index contributed by atoms with van der Waals surface area (Å²) in [5.74, 6) is 3.49. The summed E-state index contributed by atoms with van der Waals surface area (Å²) >= 11 is 0. The van der Waals surface area contributed by atoms with E-state index in [0.717, 1.165) is 22.5 Å². The number of benzene rings is 2. The predicted molar refractivity (Wildman–Crippen MR) is 134 cm³/mol. The first-order valence-electron chi connectivity index (χ1n) is 10.5. The topological polar surface area (TPSA) is 68.3 Å². The summed E-state index contributed by atoms with van der Waals surface area (Å²) in [6.45, 7) is 0. The Labute approximate surface area is 200 Å². The lowest BCUT2D eigenvalue weighted by Gasteiger charge is -2.12. The maximum atomic E-state index is 5.42. The second-order valence-corrected chi connectivity index (χ2v) is 7.07. The molecule has 0 aliphatic heterocycles. The second-order valence-electron chi connectivity index (χ2n) is 7.07. The number of aromatic nitrogens is 1. The summed E-state index contributed by atoms with van der Waals surface area (Å²) in [6, 6.07) is 13.4. The van der Waals surface area contributed by atoms with E-state index in [2.05, 4.69) is 0 Å². The Morgan fingerprint density at radius 2 is 0.853 bits per heavy atom. The van der Waals surface area contributed by atoms with Crippen molar-refractivity contribution < 1.29 is 28.4 Å². The third-order valence-corrected chi connectivity index (χ3v) is 5.06. The summed E-state index contributed by atoms with van der Waals surface area (Å²) in [4.78, 5) is 4.69. The third-order valence-electron chi connectivity index (χ3n) is 5.06. The Morgan fingerprint density at radius 1 is 0.500 bits per heavy atom. The quantitative estimate of drug-likeness (QED) is 0.395. The minimum absolute atomic E-state index is 0.555. The lowest BCUT2D eigenvalue weighted by Crippen LogP contribution is -1.95. The van der Waals surface area contributed by atoms with Gasteiger partial charge in [-0.25, -0.2) is 4.98 Å². The molecule has 0 radical (unpaired) electrons. The van der Waals surface area contributed by atoms with Crippen molar-refractivity contribution in [3.63, 3.8) is 0 Å². The second kappa shape index (κ2) is 11.7. The molecule has 0 atom stereocenters. The highest BCUT2D eigenvalue weighted by Gasteiger charge is 2.13. The standard InChI is InChI=1S/C27H29NO6/c1-29-22-14-18(15-23(30-2)26(22)33-5)10-12-20-8-7-9-21(28-20)13-11-19-16-24(31-3)27(34-6)25(17-19)32-4/h7-17H,1-6H3. The molecule has 0 amide bonds. The van der Waals surface area contributed by atoms with Gasteiger partial charge in [-0.15, -0.1) is 0 Å². The van der Waals surface area contributed by atoms with Crippen molar-refractivity contribution in [2.75, 3.05) is 42.7 Å². The third kappa shape index (κ3) is 5.61. The maximum absolute atomic E-state index is 5.42. The maximum Gasteiger partial charge on any atom is 0.203 e. The van der Waals surface area contributed by atoms with Gasteiger partial charge in [-0.1, -0.05) is 18.2 Å². The van der Waals surface area contributed by atoms with Gasteiger partial charge in [-0.3, -0.25) is 0 Å². The fourth-order valence-electron chi connectivity index (χ4n) is 3.41. The van der Waals surface area contributed by atoms with E-state index in [4.69, 9.17) is 33.4 Å². The van der Waals surface area contributed by atoms with Crippen LogP contribution in [0.2, 0.25) is 0 Å². The zero-order valence-corrected chi connectivity index (χ0v) is 20.2. The van der Waals surface area contributed by atoms with Gasteiger partial charge in [0.25, 0.3) is 0 Å². The minimum atomic E-state index is 0.555. The highest BCUT2D eigenvalue weighted by molar-refractivity contribution is 5.74. The van der Waals surface area contributed by atoms with Crippen molar-refractivity contribution in [2.24, 2.45) is 0 Å². The van der Waals surface area contributed by atoms with Gasteiger partial charge in [0.2, 0.25) is 11.5 Å². The van der Waals surface area contributed by atoms with Crippen LogP contribution in [0.4, 0.5) is 0 Å². The van der Waals surface area contributed by atoms with Crippen LogP contribution in [-0.4, -0.2) is 47.6 Å². The molecule has 0 aliphatic carbocycles. The van der Waals surface area contributed by atoms with Crippen molar-refractivity contribution in [2.45, 2.75) is 0 Å². The molecule has 0 saturated heterocycles. The molecule has 0 spiro atoms. The summed E-state index contributed by atoms with van der Waals surface area (Å²) < 4.78 is 32.5. The Morgan fingerprint density at radius 3 is 1.15 bits per heavy atom. The first-order chi connectivity index (χ1) is 16.6. The Bertz CT molecular complexity index is 1050. The zero-order chi connectivity index (χ0) is 24.5. The molecule has 3 aromatic rings. The van der Waals surface area contributed by atoms with Crippen LogP contribution >= 0.6 is 0 Å². The van der Waals surface area contributed by atoms with E-state index in [1.807, 2.05) is 66.8 Å². The number of pyridine rings is 1. The van der Waals surface area contributed by atoms with Gasteiger partial charge in [0.15, 0.2) is 23.0 Å². The number of rotatable bonds is 10. The van der Waals surface area contributed by atoms with E-state index in [1.165, 1.54) is 0 Å². The number of hydrogen-bond acceptors (Lipinski definition) is 7. The molecule has 1 heterocycles. The molecular formula is C27H29NO6. The van der Waals surface area contributed by atoms with Crippen molar-refractivity contribution in [3.05, 3.63) is 65.0 Å². The molecule has 3 rings (SSSR count). The van der Waals surface area contributed by atoms with Crippen molar-refractivity contribution >= 4 is 24.3 Å². The van der Waals surface area contributed by atoms with E-state index in [1.54, 1.807) is 42.7 Å². The van der Waals surface area contributed by atoms with Crippen LogP contribution in [0, 0.1) is 0 Å². The molecule has 7 nitrogen and oxygen atoms in total. The van der Waals surface area contributed by atoms with Gasteiger partial charge < -0.3 is 28.4 Å². The molecule has 2 aromatic carbocycles. The predicted octanol–water partition coefficient (Wildman–Crippen LogP) is 5.47. The van der Waals surface area contributed by atoms with Gasteiger partial charge in [-0.2, -0.15) is 0 Å². The smallest absolute Gasteiger partial charge is 0.203 e. The van der Waals surface area contributed by atoms with Crippen LogP contribution in [0.25, 0.3) is 24.3 Å².